The van der Waals surface area contributed by atoms with E-state index in [0.29, 0.717) is 5.69 Å². The maximum absolute atomic E-state index is 12.1. The molecule has 1 aliphatic heterocycles. The molecule has 0 aliphatic carbocycles. The van der Waals surface area contributed by atoms with E-state index in [0.717, 1.165) is 32.0 Å². The third-order valence-electron chi connectivity index (χ3n) is 4.05. The van der Waals surface area contributed by atoms with E-state index >= 15 is 0 Å². The average Bonchev–Trinajstić information content (AvgIpc) is 2.62. The van der Waals surface area contributed by atoms with E-state index < -0.39 is 0 Å². The van der Waals surface area contributed by atoms with E-state index in [4.69, 9.17) is 4.74 Å². The van der Waals surface area contributed by atoms with Crippen molar-refractivity contribution < 1.29 is 19.1 Å². The quantitative estimate of drug-likeness (QED) is 0.735. The van der Waals surface area contributed by atoms with Gasteiger partial charge in [0.05, 0.1) is 19.8 Å². The molecule has 2 rings (SSSR count). The maximum Gasteiger partial charge on any atom is 0.243 e. The maximum atomic E-state index is 12.1. The molecule has 1 fully saturated rings. The molecule has 1 saturated heterocycles. The van der Waals surface area contributed by atoms with Crippen molar-refractivity contribution in [1.29, 1.82) is 0 Å². The van der Waals surface area contributed by atoms with Gasteiger partial charge in [-0.25, -0.2) is 0 Å². The van der Waals surface area contributed by atoms with Crippen molar-refractivity contribution in [2.24, 2.45) is 0 Å². The molecule has 0 saturated carbocycles. The summed E-state index contributed by atoms with van der Waals surface area (Å²) in [6, 6.07) is 7.62. The van der Waals surface area contributed by atoms with Crippen LogP contribution in [0.2, 0.25) is 0 Å². The summed E-state index contributed by atoms with van der Waals surface area (Å²) < 4.78 is 5.34. The first kappa shape index (κ1) is 19.7. The van der Waals surface area contributed by atoms with Gasteiger partial charge in [-0.3, -0.25) is 14.4 Å². The van der Waals surface area contributed by atoms with Gasteiger partial charge in [0, 0.05) is 51.4 Å². The molecule has 0 aromatic heterocycles. The number of likely N-dealkylation sites (N-methyl/N-ethyl adjacent to an activating group) is 1. The van der Waals surface area contributed by atoms with Crippen LogP contribution in [0.3, 0.4) is 0 Å². The van der Waals surface area contributed by atoms with Gasteiger partial charge in [0.2, 0.25) is 17.7 Å². The van der Waals surface area contributed by atoms with E-state index in [2.05, 4.69) is 15.5 Å². The first-order valence-corrected chi connectivity index (χ1v) is 8.66. The molecule has 0 radical (unpaired) electrons. The molecule has 8 heteroatoms. The third kappa shape index (κ3) is 6.36. The predicted octanol–water partition coefficient (Wildman–Crippen LogP) is 0.446. The Morgan fingerprint density at radius 2 is 1.81 bits per heavy atom. The van der Waals surface area contributed by atoms with Gasteiger partial charge in [-0.1, -0.05) is 0 Å². The van der Waals surface area contributed by atoms with Crippen molar-refractivity contribution in [2.75, 3.05) is 56.7 Å². The van der Waals surface area contributed by atoms with E-state index in [1.54, 1.807) is 7.05 Å². The van der Waals surface area contributed by atoms with Crippen LogP contribution >= 0.6 is 0 Å². The molecule has 142 valence electrons. The lowest BCUT2D eigenvalue weighted by molar-refractivity contribution is -0.133. The fourth-order valence-electron chi connectivity index (χ4n) is 2.62. The van der Waals surface area contributed by atoms with Crippen LogP contribution in [0.25, 0.3) is 0 Å². The van der Waals surface area contributed by atoms with E-state index in [1.165, 1.54) is 11.8 Å². The summed E-state index contributed by atoms with van der Waals surface area (Å²) in [6.45, 7) is 4.79. The number of carbonyl (C=O) groups excluding carboxylic acids is 3. The monoisotopic (exact) mass is 362 g/mol. The van der Waals surface area contributed by atoms with Gasteiger partial charge in [0.1, 0.15) is 0 Å². The Kier molecular flexibility index (Phi) is 7.40. The SMILES string of the molecule is CC(=O)NCCC(=O)N(C)CC(=O)Nc1ccc(N2CCOCC2)cc1. The van der Waals surface area contributed by atoms with Gasteiger partial charge < -0.3 is 25.2 Å². The number of nitrogens with zero attached hydrogens (tertiary/aromatic N) is 2. The van der Waals surface area contributed by atoms with Gasteiger partial charge in [0.15, 0.2) is 0 Å². The zero-order valence-electron chi connectivity index (χ0n) is 15.3. The molecule has 0 spiro atoms. The lowest BCUT2D eigenvalue weighted by Crippen LogP contribution is -2.37. The zero-order chi connectivity index (χ0) is 18.9. The van der Waals surface area contributed by atoms with E-state index in [9.17, 15) is 14.4 Å². The summed E-state index contributed by atoms with van der Waals surface area (Å²) in [5, 5.41) is 5.34. The van der Waals surface area contributed by atoms with Crippen molar-refractivity contribution in [2.45, 2.75) is 13.3 Å². The lowest BCUT2D eigenvalue weighted by Gasteiger charge is -2.28. The normalized spacial score (nSPS) is 13.8. The number of morpholine rings is 1. The van der Waals surface area contributed by atoms with Crippen LogP contribution in [-0.2, 0) is 19.1 Å². The summed E-state index contributed by atoms with van der Waals surface area (Å²) in [5.41, 5.74) is 1.78. The second kappa shape index (κ2) is 9.76. The summed E-state index contributed by atoms with van der Waals surface area (Å²) in [6.07, 6.45) is 0.164. The Hall–Kier alpha value is -2.61. The number of rotatable bonds is 7. The van der Waals surface area contributed by atoms with Crippen molar-refractivity contribution in [1.82, 2.24) is 10.2 Å². The van der Waals surface area contributed by atoms with Crippen molar-refractivity contribution in [3.8, 4) is 0 Å². The van der Waals surface area contributed by atoms with Crippen molar-refractivity contribution in [3.05, 3.63) is 24.3 Å². The number of carbonyl (C=O) groups is 3. The largest absolute Gasteiger partial charge is 0.378 e. The smallest absolute Gasteiger partial charge is 0.243 e. The first-order chi connectivity index (χ1) is 12.5. The second-order valence-electron chi connectivity index (χ2n) is 6.18. The number of benzene rings is 1. The number of amides is 3. The average molecular weight is 362 g/mol. The van der Waals surface area contributed by atoms with Crippen LogP contribution in [0.15, 0.2) is 24.3 Å². The minimum absolute atomic E-state index is 0.0376. The lowest BCUT2D eigenvalue weighted by atomic mass is 10.2. The molecule has 0 atom stereocenters. The van der Waals surface area contributed by atoms with Crippen LogP contribution in [0.4, 0.5) is 11.4 Å². The summed E-state index contributed by atoms with van der Waals surface area (Å²) >= 11 is 0. The molecular formula is C18H26N4O4. The number of hydrogen-bond acceptors (Lipinski definition) is 5. The van der Waals surface area contributed by atoms with Crippen LogP contribution in [0.5, 0.6) is 0 Å². The minimum Gasteiger partial charge on any atom is -0.378 e. The number of anilines is 2. The molecule has 3 amide bonds. The molecule has 2 N–H and O–H groups in total. The molecule has 1 aromatic carbocycles. The predicted molar refractivity (Wildman–Crippen MR) is 99.0 cm³/mol. The number of hydrogen-bond donors (Lipinski definition) is 2. The van der Waals surface area contributed by atoms with Gasteiger partial charge in [-0.2, -0.15) is 0 Å². The highest BCUT2D eigenvalue weighted by Crippen LogP contribution is 2.19. The molecule has 0 unspecified atom stereocenters. The highest BCUT2D eigenvalue weighted by molar-refractivity contribution is 5.94. The topological polar surface area (TPSA) is 91.0 Å². The van der Waals surface area contributed by atoms with Gasteiger partial charge >= 0.3 is 0 Å². The second-order valence-corrected chi connectivity index (χ2v) is 6.18. The number of nitrogens with one attached hydrogen (secondary N) is 2. The number of ether oxygens (including phenoxy) is 1. The molecule has 1 aromatic rings. The van der Waals surface area contributed by atoms with Crippen LogP contribution < -0.4 is 15.5 Å². The Bertz CT molecular complexity index is 627. The van der Waals surface area contributed by atoms with Gasteiger partial charge in [-0.15, -0.1) is 0 Å². The third-order valence-corrected chi connectivity index (χ3v) is 4.05. The van der Waals surface area contributed by atoms with E-state index in [1.807, 2.05) is 24.3 Å². The van der Waals surface area contributed by atoms with Crippen molar-refractivity contribution in [3.63, 3.8) is 0 Å². The highest BCUT2D eigenvalue weighted by Gasteiger charge is 2.14. The highest BCUT2D eigenvalue weighted by atomic mass is 16.5. The molecule has 26 heavy (non-hydrogen) atoms. The molecule has 1 aliphatic rings. The first-order valence-electron chi connectivity index (χ1n) is 8.66. The molecule has 1 heterocycles. The molecular weight excluding hydrogens is 336 g/mol. The molecule has 8 nitrogen and oxygen atoms in total. The van der Waals surface area contributed by atoms with E-state index in [-0.39, 0.29) is 37.2 Å². The molecule has 0 bridgehead atoms. The Balaban J connectivity index is 1.77. The summed E-state index contributed by atoms with van der Waals surface area (Å²) in [4.78, 5) is 38.4. The Morgan fingerprint density at radius 3 is 2.42 bits per heavy atom. The van der Waals surface area contributed by atoms with Crippen LogP contribution in [-0.4, -0.2) is 69.1 Å². The fourth-order valence-corrected chi connectivity index (χ4v) is 2.62. The Morgan fingerprint density at radius 1 is 1.15 bits per heavy atom. The minimum atomic E-state index is -0.264. The summed E-state index contributed by atoms with van der Waals surface area (Å²) in [7, 11) is 1.57. The Labute approximate surface area is 153 Å². The standard InChI is InChI=1S/C18H26N4O4/c1-14(23)19-8-7-18(25)21(2)13-17(24)20-15-3-5-16(6-4-15)22-9-11-26-12-10-22/h3-6H,7-13H2,1-2H3,(H,19,23)(H,20,24). The van der Waals surface area contributed by atoms with Gasteiger partial charge in [-0.05, 0) is 24.3 Å². The van der Waals surface area contributed by atoms with Crippen LogP contribution in [0.1, 0.15) is 13.3 Å². The zero-order valence-corrected chi connectivity index (χ0v) is 15.3. The van der Waals surface area contributed by atoms with Gasteiger partial charge in [0.25, 0.3) is 0 Å². The van der Waals surface area contributed by atoms with Crippen molar-refractivity contribution >= 4 is 29.1 Å². The summed E-state index contributed by atoms with van der Waals surface area (Å²) in [5.74, 6) is -0.644. The fraction of sp³-hybridized carbons (Fsp3) is 0.500. The van der Waals surface area contributed by atoms with Crippen LogP contribution in [0, 0.1) is 0 Å².